The normalized spacial score (nSPS) is 13.0. The van der Waals surface area contributed by atoms with Gasteiger partial charge in [0.25, 0.3) is 0 Å². The Kier molecular flexibility index (Phi) is 16.0. The molecule has 0 atom stereocenters. The molecule has 5 nitrogen and oxygen atoms in total. The molecule has 1 aliphatic rings. The number of aromatic nitrogens is 2. The molecule has 9 aromatic carbocycles. The summed E-state index contributed by atoms with van der Waals surface area (Å²) in [6, 6.07) is 81.0. The van der Waals surface area contributed by atoms with Crippen LogP contribution in [0.3, 0.4) is 0 Å². The Labute approximate surface area is 526 Å². The fourth-order valence-corrected chi connectivity index (χ4v) is 12.4. The van der Waals surface area contributed by atoms with E-state index in [9.17, 15) is 0 Å². The van der Waals surface area contributed by atoms with Gasteiger partial charge in [-0.15, -0.1) is 53.6 Å². The van der Waals surface area contributed by atoms with Gasteiger partial charge in [0.05, 0.1) is 0 Å². The fraction of sp³-hybridized carbons (Fsp3) is 0.250. The van der Waals surface area contributed by atoms with Crippen molar-refractivity contribution in [3.8, 4) is 39.6 Å². The molecule has 0 unspecified atom stereocenters. The molecule has 12 rings (SSSR count). The van der Waals surface area contributed by atoms with Crippen LogP contribution in [-0.2, 0) is 42.7 Å². The van der Waals surface area contributed by atoms with Gasteiger partial charge in [-0.3, -0.25) is 0 Å². The fourth-order valence-electron chi connectivity index (χ4n) is 12.4. The summed E-state index contributed by atoms with van der Waals surface area (Å²) in [5, 5.41) is 2.19. The number of nitrogens with zero attached hydrogens (tertiary/aromatic N) is 4. The summed E-state index contributed by atoms with van der Waals surface area (Å²) in [6.07, 6.45) is 1.95. The summed E-state index contributed by atoms with van der Waals surface area (Å²) >= 11 is 0. The second-order valence-electron chi connectivity index (χ2n) is 27.1. The predicted molar refractivity (Wildman–Crippen MR) is 358 cm³/mol. The van der Waals surface area contributed by atoms with Gasteiger partial charge in [0, 0.05) is 72.2 Å². The number of anilines is 4. The van der Waals surface area contributed by atoms with E-state index in [2.05, 4.69) is 330 Å². The van der Waals surface area contributed by atoms with Gasteiger partial charge >= 0.3 is 0 Å². The Bertz CT molecular complexity index is 4250. The third kappa shape index (κ3) is 11.2. The van der Waals surface area contributed by atoms with Crippen LogP contribution in [0.5, 0.6) is 11.5 Å². The van der Waals surface area contributed by atoms with Crippen LogP contribution in [-0.4, -0.2) is 9.55 Å². The first-order valence-electron chi connectivity index (χ1n) is 30.3. The van der Waals surface area contributed by atoms with E-state index in [1.54, 1.807) is 0 Å². The average Bonchev–Trinajstić information content (AvgIpc) is 1.64. The molecule has 86 heavy (non-hydrogen) atoms. The number of hydrogen-bond acceptors (Lipinski definition) is 4. The van der Waals surface area contributed by atoms with Gasteiger partial charge < -0.3 is 19.1 Å². The van der Waals surface area contributed by atoms with E-state index in [1.165, 1.54) is 61.2 Å². The van der Waals surface area contributed by atoms with Crippen molar-refractivity contribution < 1.29 is 25.8 Å². The number of rotatable bonds is 13. The molecule has 0 bridgehead atoms. The van der Waals surface area contributed by atoms with Crippen LogP contribution in [0.1, 0.15) is 153 Å². The van der Waals surface area contributed by atoms with E-state index in [-0.39, 0.29) is 42.7 Å². The second-order valence-corrected chi connectivity index (χ2v) is 27.1. The van der Waals surface area contributed by atoms with Gasteiger partial charge in [0.15, 0.2) is 0 Å². The molecule has 0 saturated carbocycles. The van der Waals surface area contributed by atoms with Gasteiger partial charge in [-0.1, -0.05) is 236 Å². The quantitative estimate of drug-likeness (QED) is 0.108. The minimum absolute atomic E-state index is 0. The molecule has 3 heterocycles. The Balaban J connectivity index is 0.00000768. The van der Waals surface area contributed by atoms with Crippen LogP contribution in [0.15, 0.2) is 206 Å². The molecule has 2 aromatic heterocycles. The molecule has 0 aliphatic carbocycles. The predicted octanol–water partition coefficient (Wildman–Crippen LogP) is 21.8. The maximum atomic E-state index is 7.18. The zero-order valence-electron chi connectivity index (χ0n) is 52.4. The number of ether oxygens (including phenoxy) is 1. The van der Waals surface area contributed by atoms with Crippen molar-refractivity contribution in [1.29, 1.82) is 0 Å². The average molecular weight is 1310 g/mol. The maximum Gasteiger partial charge on any atom is 0.135 e. The molecule has 0 fully saturated rings. The molecular weight excluding hydrogens is 1230 g/mol. The van der Waals surface area contributed by atoms with E-state index in [1.807, 2.05) is 6.20 Å². The SMILES string of the molecule is CC(C)c1cccc(C(C)C)c1-c1ccc2c(c1)N(c1[c-]c(Oc3[c-]c4c(cc3)c3ccc(C(C)(C)c5ccccc5)cc3n4-c3cc(C(C)(C)c4ccccc4)ccn3)cc(C(C)(C)C)c1)[CH-]N2c1cc(-c2ccccc2)cc(C(C)(C)C)c1.[Pt]. The summed E-state index contributed by atoms with van der Waals surface area (Å²) < 4.78 is 9.46. The smallest absolute Gasteiger partial charge is 0.135 e. The van der Waals surface area contributed by atoms with Gasteiger partial charge in [-0.2, -0.15) is 6.07 Å². The number of pyridine rings is 1. The largest absolute Gasteiger partial charge is 0.509 e. The van der Waals surface area contributed by atoms with E-state index in [4.69, 9.17) is 9.72 Å². The summed E-state index contributed by atoms with van der Waals surface area (Å²) in [7, 11) is 0. The van der Waals surface area contributed by atoms with Crippen LogP contribution in [0.25, 0.3) is 49.9 Å². The minimum Gasteiger partial charge on any atom is -0.509 e. The second kappa shape index (κ2) is 23.0. The van der Waals surface area contributed by atoms with E-state index < -0.39 is 0 Å². The summed E-state index contributed by atoms with van der Waals surface area (Å²) in [5.74, 6) is 2.69. The monoisotopic (exact) mass is 1310 g/mol. The van der Waals surface area contributed by atoms with Crippen molar-refractivity contribution in [2.45, 2.75) is 130 Å². The first-order valence-corrected chi connectivity index (χ1v) is 30.3. The standard InChI is InChI=1S/C80H79N4O.Pt/c1-52(2)67-31-24-32-68(53(3)4)76(67)55-33-38-71-74(43-55)83(51-82(71)63-42-56(54-25-18-15-19-26-54)41-61(44-63)77(5,6)7)64-45-62(78(8,9)10)46-66(49-64)85-65-35-37-70-69-36-34-59(79(11,12)57-27-20-16-21-28-57)47-72(69)84(73(70)50-65)75-48-60(39-40-81-75)80(13,14)58-29-22-17-23-30-58;/h15-48,51-53H,1-14H3;/q-3;. The molecule has 0 N–H and O–H groups in total. The van der Waals surface area contributed by atoms with Crippen LogP contribution >= 0.6 is 0 Å². The third-order valence-corrected chi connectivity index (χ3v) is 17.8. The van der Waals surface area contributed by atoms with Crippen molar-refractivity contribution in [3.63, 3.8) is 0 Å². The summed E-state index contributed by atoms with van der Waals surface area (Å²) in [6.45, 7) is 34.4. The minimum atomic E-state index is -0.287. The first-order chi connectivity index (χ1) is 40.5. The van der Waals surface area contributed by atoms with Crippen molar-refractivity contribution in [2.24, 2.45) is 0 Å². The first kappa shape index (κ1) is 59.7. The zero-order chi connectivity index (χ0) is 59.7. The van der Waals surface area contributed by atoms with Gasteiger partial charge in [-0.25, -0.2) is 4.98 Å². The number of hydrogen-bond donors (Lipinski definition) is 0. The summed E-state index contributed by atoms with van der Waals surface area (Å²) in [4.78, 5) is 9.86. The van der Waals surface area contributed by atoms with Crippen LogP contribution in [0, 0.1) is 18.8 Å². The Hall–Kier alpha value is -7.98. The molecule has 11 aromatic rings. The molecule has 0 amide bonds. The van der Waals surface area contributed by atoms with Crippen molar-refractivity contribution in [1.82, 2.24) is 9.55 Å². The van der Waals surface area contributed by atoms with E-state index in [0.29, 0.717) is 23.3 Å². The van der Waals surface area contributed by atoms with Crippen molar-refractivity contribution in [3.05, 3.63) is 270 Å². The van der Waals surface area contributed by atoms with Crippen LogP contribution in [0.2, 0.25) is 0 Å². The van der Waals surface area contributed by atoms with Crippen LogP contribution in [0.4, 0.5) is 22.7 Å². The molecular formula is C80H79N4OPt-3. The van der Waals surface area contributed by atoms with Gasteiger partial charge in [0.1, 0.15) is 5.82 Å². The maximum absolute atomic E-state index is 7.18. The van der Waals surface area contributed by atoms with Crippen molar-refractivity contribution >= 4 is 44.6 Å². The molecule has 1 aliphatic heterocycles. The molecule has 0 radical (unpaired) electrons. The van der Waals surface area contributed by atoms with Crippen LogP contribution < -0.4 is 14.5 Å². The molecule has 0 saturated heterocycles. The number of fused-ring (bicyclic) bond motifs is 4. The zero-order valence-corrected chi connectivity index (χ0v) is 54.6. The molecule has 0 spiro atoms. The molecule has 438 valence electrons. The van der Waals surface area contributed by atoms with Crippen molar-refractivity contribution in [2.75, 3.05) is 9.80 Å². The Morgan fingerprint density at radius 3 is 1.65 bits per heavy atom. The summed E-state index contributed by atoms with van der Waals surface area (Å²) in [5.41, 5.74) is 20.0. The Morgan fingerprint density at radius 2 is 1.03 bits per heavy atom. The topological polar surface area (TPSA) is 33.5 Å². The molecule has 6 heteroatoms. The van der Waals surface area contributed by atoms with Gasteiger partial charge in [0.2, 0.25) is 0 Å². The van der Waals surface area contributed by atoms with Gasteiger partial charge in [-0.05, 0) is 132 Å². The van der Waals surface area contributed by atoms with E-state index >= 15 is 0 Å². The number of benzene rings is 9. The third-order valence-electron chi connectivity index (χ3n) is 17.8. The Morgan fingerprint density at radius 1 is 0.442 bits per heavy atom. The van der Waals surface area contributed by atoms with E-state index in [0.717, 1.165) is 55.9 Å².